The van der Waals surface area contributed by atoms with Crippen LogP contribution in [0.2, 0.25) is 5.15 Å². The van der Waals surface area contributed by atoms with Crippen LogP contribution in [0.15, 0.2) is 22.8 Å². The Morgan fingerprint density at radius 2 is 2.19 bits per heavy atom. The normalized spacial score (nSPS) is 10.4. The van der Waals surface area contributed by atoms with Crippen LogP contribution in [0.4, 0.5) is 0 Å². The van der Waals surface area contributed by atoms with Crippen molar-refractivity contribution < 1.29 is 4.79 Å². The molecule has 2 aromatic rings. The second-order valence-electron chi connectivity index (χ2n) is 2.77. The SMILES string of the molecule is Cn1ncnc1Sc1ncnc(Cl)c1C=O. The Hall–Kier alpha value is -1.47. The maximum absolute atomic E-state index is 10.8. The van der Waals surface area contributed by atoms with Gasteiger partial charge in [-0.3, -0.25) is 4.79 Å². The van der Waals surface area contributed by atoms with E-state index in [9.17, 15) is 4.79 Å². The molecule has 0 atom stereocenters. The van der Waals surface area contributed by atoms with Gasteiger partial charge in [-0.15, -0.1) is 0 Å². The maximum atomic E-state index is 10.8. The summed E-state index contributed by atoms with van der Waals surface area (Å²) in [7, 11) is 1.75. The molecule has 8 heteroatoms. The number of hydrogen-bond acceptors (Lipinski definition) is 6. The van der Waals surface area contributed by atoms with Crippen molar-refractivity contribution in [3.05, 3.63) is 23.4 Å². The highest BCUT2D eigenvalue weighted by Gasteiger charge is 2.12. The Labute approximate surface area is 100 Å². The van der Waals surface area contributed by atoms with Gasteiger partial charge in [-0.1, -0.05) is 11.6 Å². The lowest BCUT2D eigenvalue weighted by atomic mass is 10.4. The van der Waals surface area contributed by atoms with Gasteiger partial charge in [-0.25, -0.2) is 19.6 Å². The van der Waals surface area contributed by atoms with Gasteiger partial charge in [-0.05, 0) is 11.8 Å². The Morgan fingerprint density at radius 3 is 2.81 bits per heavy atom. The van der Waals surface area contributed by atoms with Crippen molar-refractivity contribution in [3.8, 4) is 0 Å². The van der Waals surface area contributed by atoms with Crippen molar-refractivity contribution >= 4 is 29.6 Å². The van der Waals surface area contributed by atoms with Crippen LogP contribution in [-0.2, 0) is 7.05 Å². The van der Waals surface area contributed by atoms with Crippen LogP contribution in [-0.4, -0.2) is 31.0 Å². The van der Waals surface area contributed by atoms with Gasteiger partial charge in [0, 0.05) is 7.05 Å². The number of aromatic nitrogens is 5. The largest absolute Gasteiger partial charge is 0.298 e. The third kappa shape index (κ3) is 2.05. The molecular formula is C8H6ClN5OS. The lowest BCUT2D eigenvalue weighted by Gasteiger charge is -2.02. The molecule has 0 N–H and O–H groups in total. The number of hydrogen-bond donors (Lipinski definition) is 0. The molecule has 0 radical (unpaired) electrons. The summed E-state index contributed by atoms with van der Waals surface area (Å²) in [6.07, 6.45) is 3.35. The molecular weight excluding hydrogens is 250 g/mol. The summed E-state index contributed by atoms with van der Waals surface area (Å²) < 4.78 is 1.58. The molecule has 16 heavy (non-hydrogen) atoms. The standard InChI is InChI=1S/C8H6ClN5OS/c1-14-8(12-4-13-14)16-7-5(2-15)6(9)10-3-11-7/h2-4H,1H3. The van der Waals surface area contributed by atoms with Gasteiger partial charge in [0.25, 0.3) is 0 Å². The fraction of sp³-hybridized carbons (Fsp3) is 0.125. The van der Waals surface area contributed by atoms with Crippen molar-refractivity contribution in [2.75, 3.05) is 0 Å². The van der Waals surface area contributed by atoms with Crippen molar-refractivity contribution in [2.24, 2.45) is 7.05 Å². The van der Waals surface area contributed by atoms with Crippen LogP contribution in [0.25, 0.3) is 0 Å². The number of carbonyl (C=O) groups is 1. The van der Waals surface area contributed by atoms with E-state index in [1.807, 2.05) is 0 Å². The fourth-order valence-corrected chi connectivity index (χ4v) is 2.04. The lowest BCUT2D eigenvalue weighted by Crippen LogP contribution is -1.97. The van der Waals surface area contributed by atoms with Gasteiger partial charge in [0.05, 0.1) is 5.56 Å². The minimum absolute atomic E-state index is 0.134. The van der Waals surface area contributed by atoms with Gasteiger partial charge in [0.1, 0.15) is 22.8 Å². The average Bonchev–Trinajstić information content (AvgIpc) is 2.65. The molecule has 0 aliphatic heterocycles. The lowest BCUT2D eigenvalue weighted by molar-refractivity contribution is 0.112. The van der Waals surface area contributed by atoms with E-state index < -0.39 is 0 Å². The number of carbonyl (C=O) groups excluding carboxylic acids is 1. The number of rotatable bonds is 3. The van der Waals surface area contributed by atoms with Crippen LogP contribution in [0.5, 0.6) is 0 Å². The first-order valence-corrected chi connectivity index (χ1v) is 5.39. The summed E-state index contributed by atoms with van der Waals surface area (Å²) in [6, 6.07) is 0. The van der Waals surface area contributed by atoms with Gasteiger partial charge in [0.15, 0.2) is 11.4 Å². The first kappa shape index (κ1) is 11.0. The van der Waals surface area contributed by atoms with Crippen molar-refractivity contribution in [1.29, 1.82) is 0 Å². The molecule has 0 unspecified atom stereocenters. The number of nitrogens with zero attached hydrogens (tertiary/aromatic N) is 5. The molecule has 0 saturated heterocycles. The van der Waals surface area contributed by atoms with Crippen molar-refractivity contribution in [2.45, 2.75) is 10.2 Å². The molecule has 0 saturated carbocycles. The number of aryl methyl sites for hydroxylation is 1. The Bertz CT molecular complexity index is 529. The average molecular weight is 256 g/mol. The molecule has 0 amide bonds. The second kappa shape index (κ2) is 4.58. The molecule has 0 aliphatic carbocycles. The van der Waals surface area contributed by atoms with Gasteiger partial charge in [-0.2, -0.15) is 5.10 Å². The Morgan fingerprint density at radius 1 is 1.38 bits per heavy atom. The molecule has 82 valence electrons. The van der Waals surface area contributed by atoms with Crippen LogP contribution in [0, 0.1) is 0 Å². The predicted molar refractivity (Wildman–Crippen MR) is 57.6 cm³/mol. The number of halogens is 1. The molecule has 0 aromatic carbocycles. The number of aldehydes is 1. The summed E-state index contributed by atoms with van der Waals surface area (Å²) in [5.41, 5.74) is 0.261. The summed E-state index contributed by atoms with van der Waals surface area (Å²) in [6.45, 7) is 0. The molecule has 0 bridgehead atoms. The maximum Gasteiger partial charge on any atom is 0.192 e. The third-order valence-corrected chi connectivity index (χ3v) is 3.15. The predicted octanol–water partition coefficient (Wildman–Crippen LogP) is 1.22. The summed E-state index contributed by atoms with van der Waals surface area (Å²) in [5, 5.41) is 5.13. The van der Waals surface area contributed by atoms with Crippen LogP contribution < -0.4 is 0 Å². The van der Waals surface area contributed by atoms with Gasteiger partial charge in [0.2, 0.25) is 0 Å². The minimum Gasteiger partial charge on any atom is -0.298 e. The van der Waals surface area contributed by atoms with E-state index >= 15 is 0 Å². The van der Waals surface area contributed by atoms with Crippen LogP contribution >= 0.6 is 23.4 Å². The van der Waals surface area contributed by atoms with Gasteiger partial charge < -0.3 is 0 Å². The topological polar surface area (TPSA) is 73.6 Å². The monoisotopic (exact) mass is 255 g/mol. The quantitative estimate of drug-likeness (QED) is 0.607. The van der Waals surface area contributed by atoms with Crippen LogP contribution in [0.1, 0.15) is 10.4 Å². The minimum atomic E-state index is 0.134. The fourth-order valence-electron chi connectivity index (χ4n) is 1.00. The van der Waals surface area contributed by atoms with Crippen molar-refractivity contribution in [3.63, 3.8) is 0 Å². The summed E-state index contributed by atoms with van der Waals surface area (Å²) >= 11 is 6.98. The molecule has 0 spiro atoms. The zero-order valence-electron chi connectivity index (χ0n) is 8.16. The highest BCUT2D eigenvalue weighted by Crippen LogP contribution is 2.27. The molecule has 0 aliphatic rings. The molecule has 2 heterocycles. The Kier molecular flexibility index (Phi) is 3.16. The Balaban J connectivity index is 2.38. The van der Waals surface area contributed by atoms with E-state index in [4.69, 9.17) is 11.6 Å². The van der Waals surface area contributed by atoms with E-state index in [2.05, 4.69) is 20.1 Å². The first-order valence-electron chi connectivity index (χ1n) is 4.20. The smallest absolute Gasteiger partial charge is 0.192 e. The second-order valence-corrected chi connectivity index (χ2v) is 4.08. The van der Waals surface area contributed by atoms with E-state index in [1.54, 1.807) is 11.7 Å². The van der Waals surface area contributed by atoms with E-state index in [1.165, 1.54) is 24.4 Å². The molecule has 6 nitrogen and oxygen atoms in total. The third-order valence-electron chi connectivity index (χ3n) is 1.77. The zero-order valence-corrected chi connectivity index (χ0v) is 9.74. The summed E-state index contributed by atoms with van der Waals surface area (Å²) in [4.78, 5) is 22.6. The highest BCUT2D eigenvalue weighted by atomic mass is 35.5. The van der Waals surface area contributed by atoms with Crippen LogP contribution in [0.3, 0.4) is 0 Å². The van der Waals surface area contributed by atoms with E-state index in [0.717, 1.165) is 0 Å². The zero-order chi connectivity index (χ0) is 11.5. The summed E-state index contributed by atoms with van der Waals surface area (Å²) in [5.74, 6) is 0. The first-order chi connectivity index (χ1) is 7.72. The molecule has 0 fully saturated rings. The van der Waals surface area contributed by atoms with E-state index in [-0.39, 0.29) is 10.7 Å². The van der Waals surface area contributed by atoms with Gasteiger partial charge >= 0.3 is 0 Å². The molecule has 2 rings (SSSR count). The molecule has 2 aromatic heterocycles. The van der Waals surface area contributed by atoms with Crippen molar-refractivity contribution in [1.82, 2.24) is 24.7 Å². The highest BCUT2D eigenvalue weighted by molar-refractivity contribution is 7.99. The van der Waals surface area contributed by atoms with E-state index in [0.29, 0.717) is 16.5 Å².